The highest BCUT2D eigenvalue weighted by atomic mass is 16.5. The number of nitrogens with one attached hydrogen (secondary N) is 1. The quantitative estimate of drug-likeness (QED) is 0.893. The maximum Gasteiger partial charge on any atom is 0.223 e. The van der Waals surface area contributed by atoms with E-state index in [0.717, 1.165) is 57.7 Å². The van der Waals surface area contributed by atoms with Crippen LogP contribution in [0.2, 0.25) is 0 Å². The predicted molar refractivity (Wildman–Crippen MR) is 82.3 cm³/mol. The number of nitrogens with zero attached hydrogens (tertiary/aromatic N) is 3. The van der Waals surface area contributed by atoms with Crippen molar-refractivity contribution in [3.05, 3.63) is 11.7 Å². The first-order valence-corrected chi connectivity index (χ1v) is 8.48. The van der Waals surface area contributed by atoms with Gasteiger partial charge in [-0.05, 0) is 50.6 Å². The molecule has 122 valence electrons. The Balaban J connectivity index is 1.45. The van der Waals surface area contributed by atoms with E-state index in [-0.39, 0.29) is 0 Å². The van der Waals surface area contributed by atoms with E-state index in [1.807, 2.05) is 11.8 Å². The molecule has 2 fully saturated rings. The van der Waals surface area contributed by atoms with Gasteiger partial charge in [0, 0.05) is 32.9 Å². The second-order valence-corrected chi connectivity index (χ2v) is 6.68. The molecule has 0 bridgehead atoms. The number of hydrogen-bond donors (Lipinski definition) is 1. The van der Waals surface area contributed by atoms with Gasteiger partial charge in [-0.2, -0.15) is 4.98 Å². The molecular formula is C16H26N4O2. The van der Waals surface area contributed by atoms with Crippen molar-refractivity contribution in [3.8, 4) is 0 Å². The zero-order valence-electron chi connectivity index (χ0n) is 13.4. The molecule has 2 atom stereocenters. The summed E-state index contributed by atoms with van der Waals surface area (Å²) in [6, 6.07) is 0. The predicted octanol–water partition coefficient (Wildman–Crippen LogP) is 1.55. The Labute approximate surface area is 131 Å². The molecule has 0 aliphatic carbocycles. The number of rotatable bonds is 5. The second-order valence-electron chi connectivity index (χ2n) is 6.68. The van der Waals surface area contributed by atoms with Crippen LogP contribution in [0.15, 0.2) is 4.52 Å². The SMILES string of the molecule is Cc1nc(CC2CCCN(C(=O)CCC3CCNC3)C2)no1. The molecule has 6 nitrogen and oxygen atoms in total. The van der Waals surface area contributed by atoms with Crippen LogP contribution in [-0.2, 0) is 11.2 Å². The van der Waals surface area contributed by atoms with Crippen LogP contribution in [0.1, 0.15) is 43.8 Å². The maximum atomic E-state index is 12.4. The first-order valence-electron chi connectivity index (χ1n) is 8.48. The zero-order valence-corrected chi connectivity index (χ0v) is 13.4. The molecule has 1 aromatic rings. The molecule has 1 N–H and O–H groups in total. The molecule has 1 amide bonds. The second kappa shape index (κ2) is 7.22. The van der Waals surface area contributed by atoms with E-state index >= 15 is 0 Å². The molecule has 0 aromatic carbocycles. The lowest BCUT2D eigenvalue weighted by molar-refractivity contribution is -0.133. The van der Waals surface area contributed by atoms with Crippen LogP contribution in [0.25, 0.3) is 0 Å². The highest BCUT2D eigenvalue weighted by Gasteiger charge is 2.25. The molecule has 22 heavy (non-hydrogen) atoms. The minimum atomic E-state index is 0.320. The minimum Gasteiger partial charge on any atom is -0.342 e. The topological polar surface area (TPSA) is 71.3 Å². The summed E-state index contributed by atoms with van der Waals surface area (Å²) in [6.45, 7) is 5.74. The Morgan fingerprint density at radius 2 is 2.32 bits per heavy atom. The number of likely N-dealkylation sites (tertiary alicyclic amines) is 1. The zero-order chi connectivity index (χ0) is 15.4. The number of amides is 1. The van der Waals surface area contributed by atoms with Gasteiger partial charge in [-0.1, -0.05) is 5.16 Å². The summed E-state index contributed by atoms with van der Waals surface area (Å²) in [5.41, 5.74) is 0. The molecule has 2 unspecified atom stereocenters. The maximum absolute atomic E-state index is 12.4. The number of aromatic nitrogens is 2. The normalized spacial score (nSPS) is 25.6. The monoisotopic (exact) mass is 306 g/mol. The lowest BCUT2D eigenvalue weighted by atomic mass is 9.94. The molecule has 0 saturated carbocycles. The number of aryl methyl sites for hydroxylation is 1. The average molecular weight is 306 g/mol. The Hall–Kier alpha value is -1.43. The van der Waals surface area contributed by atoms with Crippen molar-refractivity contribution in [2.24, 2.45) is 11.8 Å². The molecule has 3 heterocycles. The van der Waals surface area contributed by atoms with Gasteiger partial charge in [0.2, 0.25) is 11.8 Å². The van der Waals surface area contributed by atoms with Gasteiger partial charge in [0.05, 0.1) is 0 Å². The summed E-state index contributed by atoms with van der Waals surface area (Å²) in [5.74, 6) is 2.85. The van der Waals surface area contributed by atoms with Crippen LogP contribution in [0, 0.1) is 18.8 Å². The van der Waals surface area contributed by atoms with Crippen molar-refractivity contribution in [2.45, 2.75) is 45.4 Å². The molecule has 6 heteroatoms. The number of carbonyl (C=O) groups excluding carboxylic acids is 1. The lowest BCUT2D eigenvalue weighted by Gasteiger charge is -2.32. The van der Waals surface area contributed by atoms with E-state index in [0.29, 0.717) is 30.1 Å². The van der Waals surface area contributed by atoms with Gasteiger partial charge in [0.1, 0.15) is 0 Å². The van der Waals surface area contributed by atoms with E-state index in [4.69, 9.17) is 4.52 Å². The van der Waals surface area contributed by atoms with E-state index < -0.39 is 0 Å². The average Bonchev–Trinajstić information content (AvgIpc) is 3.17. The van der Waals surface area contributed by atoms with Crippen LogP contribution in [0.4, 0.5) is 0 Å². The van der Waals surface area contributed by atoms with Crippen LogP contribution < -0.4 is 5.32 Å². The summed E-state index contributed by atoms with van der Waals surface area (Å²) in [7, 11) is 0. The fraction of sp³-hybridized carbons (Fsp3) is 0.812. The van der Waals surface area contributed by atoms with Gasteiger partial charge in [0.15, 0.2) is 5.82 Å². The number of piperidine rings is 1. The fourth-order valence-corrected chi connectivity index (χ4v) is 3.59. The molecule has 2 saturated heterocycles. The lowest BCUT2D eigenvalue weighted by Crippen LogP contribution is -2.40. The standard InChI is InChI=1S/C16H26N4O2/c1-12-18-15(19-22-12)9-14-3-2-8-20(11-14)16(21)5-4-13-6-7-17-10-13/h13-14,17H,2-11H2,1H3. The first kappa shape index (κ1) is 15.5. The van der Waals surface area contributed by atoms with Gasteiger partial charge in [-0.25, -0.2) is 0 Å². The Morgan fingerprint density at radius 1 is 1.41 bits per heavy atom. The Bertz CT molecular complexity index is 496. The number of hydrogen-bond acceptors (Lipinski definition) is 5. The Morgan fingerprint density at radius 3 is 3.05 bits per heavy atom. The van der Waals surface area contributed by atoms with E-state index in [1.165, 1.54) is 6.42 Å². The van der Waals surface area contributed by atoms with Crippen LogP contribution >= 0.6 is 0 Å². The molecule has 0 radical (unpaired) electrons. The van der Waals surface area contributed by atoms with Crippen molar-refractivity contribution in [1.29, 1.82) is 0 Å². The van der Waals surface area contributed by atoms with Gasteiger partial charge >= 0.3 is 0 Å². The van der Waals surface area contributed by atoms with Crippen molar-refractivity contribution in [2.75, 3.05) is 26.2 Å². The minimum absolute atomic E-state index is 0.320. The molecule has 3 rings (SSSR count). The summed E-state index contributed by atoms with van der Waals surface area (Å²) in [4.78, 5) is 18.7. The summed E-state index contributed by atoms with van der Waals surface area (Å²) >= 11 is 0. The van der Waals surface area contributed by atoms with Gasteiger partial charge in [0.25, 0.3) is 0 Å². The molecule has 1 aromatic heterocycles. The molecule has 2 aliphatic heterocycles. The number of carbonyl (C=O) groups is 1. The third-order valence-electron chi connectivity index (χ3n) is 4.84. The van der Waals surface area contributed by atoms with Crippen molar-refractivity contribution in [3.63, 3.8) is 0 Å². The third kappa shape index (κ3) is 4.06. The van der Waals surface area contributed by atoms with E-state index in [2.05, 4.69) is 15.5 Å². The fourth-order valence-electron chi connectivity index (χ4n) is 3.59. The van der Waals surface area contributed by atoms with Crippen LogP contribution in [-0.4, -0.2) is 47.1 Å². The van der Waals surface area contributed by atoms with Crippen molar-refractivity contribution >= 4 is 5.91 Å². The van der Waals surface area contributed by atoms with Crippen molar-refractivity contribution in [1.82, 2.24) is 20.4 Å². The van der Waals surface area contributed by atoms with Crippen LogP contribution in [0.3, 0.4) is 0 Å². The summed E-state index contributed by atoms with van der Waals surface area (Å²) in [5, 5.41) is 7.34. The van der Waals surface area contributed by atoms with Crippen LogP contribution in [0.5, 0.6) is 0 Å². The molecular weight excluding hydrogens is 280 g/mol. The highest BCUT2D eigenvalue weighted by Crippen LogP contribution is 2.22. The first-order chi connectivity index (χ1) is 10.7. The van der Waals surface area contributed by atoms with Gasteiger partial charge < -0.3 is 14.7 Å². The molecule has 0 spiro atoms. The van der Waals surface area contributed by atoms with Crippen molar-refractivity contribution < 1.29 is 9.32 Å². The third-order valence-corrected chi connectivity index (χ3v) is 4.84. The summed E-state index contributed by atoms with van der Waals surface area (Å²) in [6.07, 6.45) is 5.97. The largest absolute Gasteiger partial charge is 0.342 e. The molecule has 2 aliphatic rings. The van der Waals surface area contributed by atoms with E-state index in [9.17, 15) is 4.79 Å². The van der Waals surface area contributed by atoms with E-state index in [1.54, 1.807) is 0 Å². The Kier molecular flexibility index (Phi) is 5.08. The van der Waals surface area contributed by atoms with Gasteiger partial charge in [-0.3, -0.25) is 4.79 Å². The summed E-state index contributed by atoms with van der Waals surface area (Å²) < 4.78 is 5.03. The van der Waals surface area contributed by atoms with Gasteiger partial charge in [-0.15, -0.1) is 0 Å². The smallest absolute Gasteiger partial charge is 0.223 e. The highest BCUT2D eigenvalue weighted by molar-refractivity contribution is 5.76.